The van der Waals surface area contributed by atoms with Crippen LogP contribution in [0.15, 0.2) is 12.3 Å². The molecule has 0 saturated heterocycles. The van der Waals surface area contributed by atoms with Gasteiger partial charge in [0.15, 0.2) is 5.65 Å². The Bertz CT molecular complexity index is 524. The lowest BCUT2D eigenvalue weighted by Crippen LogP contribution is -1.98. The number of carboxylic acids is 1. The zero-order valence-electron chi connectivity index (χ0n) is 8.73. The molecule has 0 radical (unpaired) electrons. The summed E-state index contributed by atoms with van der Waals surface area (Å²) in [5, 5.41) is 8.51. The van der Waals surface area contributed by atoms with Crippen LogP contribution in [0, 0.1) is 6.92 Å². The van der Waals surface area contributed by atoms with Gasteiger partial charge in [-0.2, -0.15) is 0 Å². The molecular formula is C10H11N3O2S. The smallest absolute Gasteiger partial charge is 0.313 e. The van der Waals surface area contributed by atoms with Crippen molar-refractivity contribution in [2.45, 2.75) is 12.7 Å². The average Bonchev–Trinajstić information content (AvgIpc) is 2.61. The Morgan fingerprint density at radius 3 is 3.12 bits per heavy atom. The van der Waals surface area contributed by atoms with E-state index in [1.54, 1.807) is 6.20 Å². The van der Waals surface area contributed by atoms with Crippen molar-refractivity contribution in [3.63, 3.8) is 0 Å². The first kappa shape index (κ1) is 10.9. The van der Waals surface area contributed by atoms with Crippen LogP contribution < -0.4 is 0 Å². The number of nitrogens with zero attached hydrogens (tertiary/aromatic N) is 2. The third-order valence-electron chi connectivity index (χ3n) is 2.11. The van der Waals surface area contributed by atoms with Crippen molar-refractivity contribution in [2.75, 3.05) is 5.75 Å². The zero-order valence-corrected chi connectivity index (χ0v) is 9.54. The summed E-state index contributed by atoms with van der Waals surface area (Å²) in [5.41, 5.74) is 2.70. The standard InChI is InChI=1S/C10H11N3O2S/c1-6-2-3-11-10-9(6)12-7(13-10)4-16-5-8(14)15/h2-3H,4-5H2,1H3,(H,14,15)(H,11,12,13). The molecule has 0 bridgehead atoms. The molecule has 6 heteroatoms. The molecule has 84 valence electrons. The van der Waals surface area contributed by atoms with Gasteiger partial charge in [0.1, 0.15) is 5.82 Å². The van der Waals surface area contributed by atoms with Gasteiger partial charge in [0.2, 0.25) is 0 Å². The molecule has 2 N–H and O–H groups in total. The highest BCUT2D eigenvalue weighted by Gasteiger charge is 2.06. The Morgan fingerprint density at radius 1 is 1.62 bits per heavy atom. The Morgan fingerprint density at radius 2 is 2.44 bits per heavy atom. The lowest BCUT2D eigenvalue weighted by atomic mass is 10.3. The van der Waals surface area contributed by atoms with Crippen LogP contribution in [-0.4, -0.2) is 31.8 Å². The molecule has 2 aromatic rings. The van der Waals surface area contributed by atoms with Crippen LogP contribution in [0.4, 0.5) is 0 Å². The molecule has 0 aliphatic rings. The summed E-state index contributed by atoms with van der Waals surface area (Å²) in [7, 11) is 0. The third-order valence-corrected chi connectivity index (χ3v) is 3.04. The Balaban J connectivity index is 2.14. The van der Waals surface area contributed by atoms with E-state index in [0.717, 1.165) is 16.9 Å². The van der Waals surface area contributed by atoms with Gasteiger partial charge in [0.05, 0.1) is 17.0 Å². The molecule has 0 aromatic carbocycles. The summed E-state index contributed by atoms with van der Waals surface area (Å²) >= 11 is 1.31. The summed E-state index contributed by atoms with van der Waals surface area (Å²) in [5.74, 6) is 0.601. The number of rotatable bonds is 4. The largest absolute Gasteiger partial charge is 0.481 e. The van der Waals surface area contributed by atoms with Crippen LogP contribution >= 0.6 is 11.8 Å². The van der Waals surface area contributed by atoms with Crippen molar-refractivity contribution < 1.29 is 9.90 Å². The summed E-state index contributed by atoms with van der Waals surface area (Å²) < 4.78 is 0. The van der Waals surface area contributed by atoms with Crippen LogP contribution in [0.3, 0.4) is 0 Å². The number of hydrogen-bond acceptors (Lipinski definition) is 4. The maximum Gasteiger partial charge on any atom is 0.313 e. The van der Waals surface area contributed by atoms with Crippen LogP contribution in [0.2, 0.25) is 0 Å². The molecular weight excluding hydrogens is 226 g/mol. The molecule has 2 rings (SSSR count). The second-order valence-corrected chi connectivity index (χ2v) is 4.38. The molecule has 5 nitrogen and oxygen atoms in total. The number of aromatic amines is 1. The first-order chi connectivity index (χ1) is 7.66. The number of nitrogens with one attached hydrogen (secondary N) is 1. The molecule has 0 fully saturated rings. The first-order valence-corrected chi connectivity index (χ1v) is 5.92. The van der Waals surface area contributed by atoms with Gasteiger partial charge in [0, 0.05) is 6.20 Å². The summed E-state index contributed by atoms with van der Waals surface area (Å²) in [6.45, 7) is 1.98. The van der Waals surface area contributed by atoms with Gasteiger partial charge in [0.25, 0.3) is 0 Å². The molecule has 0 atom stereocenters. The van der Waals surface area contributed by atoms with Crippen LogP contribution in [0.1, 0.15) is 11.4 Å². The Labute approximate surface area is 96.3 Å². The van der Waals surface area contributed by atoms with Crippen molar-refractivity contribution >= 4 is 28.9 Å². The highest BCUT2D eigenvalue weighted by molar-refractivity contribution is 7.99. The third kappa shape index (κ3) is 2.33. The van der Waals surface area contributed by atoms with Gasteiger partial charge in [-0.05, 0) is 18.6 Å². The number of aromatic nitrogens is 3. The quantitative estimate of drug-likeness (QED) is 0.844. The van der Waals surface area contributed by atoms with E-state index in [1.165, 1.54) is 11.8 Å². The van der Waals surface area contributed by atoms with Gasteiger partial charge in [-0.15, -0.1) is 11.8 Å². The fourth-order valence-corrected chi connectivity index (χ4v) is 1.99. The van der Waals surface area contributed by atoms with Gasteiger partial charge in [-0.25, -0.2) is 9.97 Å². The van der Waals surface area contributed by atoms with Crippen LogP contribution in [0.5, 0.6) is 0 Å². The van der Waals surface area contributed by atoms with E-state index < -0.39 is 5.97 Å². The fraction of sp³-hybridized carbons (Fsp3) is 0.300. The normalized spacial score (nSPS) is 10.8. The van der Waals surface area contributed by atoms with Gasteiger partial charge < -0.3 is 10.1 Å². The molecule has 0 aliphatic heterocycles. The average molecular weight is 237 g/mol. The fourth-order valence-electron chi connectivity index (χ4n) is 1.39. The molecule has 0 aliphatic carbocycles. The molecule has 0 unspecified atom stereocenters. The van der Waals surface area contributed by atoms with Gasteiger partial charge in [-0.3, -0.25) is 4.79 Å². The number of carbonyl (C=O) groups is 1. The van der Waals surface area contributed by atoms with E-state index in [4.69, 9.17) is 5.11 Å². The minimum atomic E-state index is -0.810. The topological polar surface area (TPSA) is 78.9 Å². The van der Waals surface area contributed by atoms with Gasteiger partial charge in [-0.1, -0.05) is 0 Å². The van der Waals surface area contributed by atoms with E-state index in [2.05, 4.69) is 15.0 Å². The number of pyridine rings is 1. The van der Waals surface area contributed by atoms with E-state index in [1.807, 2.05) is 13.0 Å². The minimum absolute atomic E-state index is 0.0868. The number of carboxylic acid groups (broad SMARTS) is 1. The number of aryl methyl sites for hydroxylation is 1. The van der Waals surface area contributed by atoms with Crippen molar-refractivity contribution in [1.82, 2.24) is 15.0 Å². The number of hydrogen-bond donors (Lipinski definition) is 2. The van der Waals surface area contributed by atoms with E-state index in [9.17, 15) is 4.79 Å². The predicted octanol–water partition coefficient (Wildman–Crippen LogP) is 1.58. The van der Waals surface area contributed by atoms with Crippen molar-refractivity contribution in [3.8, 4) is 0 Å². The molecule has 16 heavy (non-hydrogen) atoms. The first-order valence-electron chi connectivity index (χ1n) is 4.76. The van der Waals surface area contributed by atoms with Crippen LogP contribution in [-0.2, 0) is 10.5 Å². The number of aliphatic carboxylic acids is 1. The van der Waals surface area contributed by atoms with Gasteiger partial charge >= 0.3 is 5.97 Å². The monoisotopic (exact) mass is 237 g/mol. The Hall–Kier alpha value is -1.56. The van der Waals surface area contributed by atoms with Crippen LogP contribution in [0.25, 0.3) is 11.2 Å². The summed E-state index contributed by atoms with van der Waals surface area (Å²) in [6, 6.07) is 1.91. The van der Waals surface area contributed by atoms with E-state index in [-0.39, 0.29) is 5.75 Å². The highest BCUT2D eigenvalue weighted by Crippen LogP contribution is 2.16. The SMILES string of the molecule is Cc1ccnc2nc(CSCC(=O)O)[nH]c12. The van der Waals surface area contributed by atoms with Crippen molar-refractivity contribution in [3.05, 3.63) is 23.7 Å². The predicted molar refractivity (Wildman–Crippen MR) is 62.4 cm³/mol. The molecule has 2 aromatic heterocycles. The van der Waals surface area contributed by atoms with E-state index >= 15 is 0 Å². The van der Waals surface area contributed by atoms with Crippen molar-refractivity contribution in [1.29, 1.82) is 0 Å². The molecule has 2 heterocycles. The molecule has 0 amide bonds. The second-order valence-electron chi connectivity index (χ2n) is 3.40. The summed E-state index contributed by atoms with van der Waals surface area (Å²) in [6.07, 6.45) is 1.71. The summed E-state index contributed by atoms with van der Waals surface area (Å²) in [4.78, 5) is 21.9. The molecule has 0 saturated carbocycles. The number of fused-ring (bicyclic) bond motifs is 1. The minimum Gasteiger partial charge on any atom is -0.481 e. The highest BCUT2D eigenvalue weighted by atomic mass is 32.2. The maximum absolute atomic E-state index is 10.4. The second kappa shape index (κ2) is 4.52. The number of imidazole rings is 1. The number of thioether (sulfide) groups is 1. The maximum atomic E-state index is 10.4. The Kier molecular flexibility index (Phi) is 3.09. The zero-order chi connectivity index (χ0) is 11.5. The lowest BCUT2D eigenvalue weighted by Gasteiger charge is -1.93. The van der Waals surface area contributed by atoms with E-state index in [0.29, 0.717) is 11.4 Å². The van der Waals surface area contributed by atoms with Crippen molar-refractivity contribution in [2.24, 2.45) is 0 Å². The molecule has 0 spiro atoms. The number of H-pyrrole nitrogens is 1. The lowest BCUT2D eigenvalue weighted by molar-refractivity contribution is -0.133.